The van der Waals surface area contributed by atoms with Crippen LogP contribution in [0.3, 0.4) is 0 Å². The fourth-order valence-corrected chi connectivity index (χ4v) is 2.78. The predicted octanol–water partition coefficient (Wildman–Crippen LogP) is 2.96. The van der Waals surface area contributed by atoms with E-state index >= 15 is 0 Å². The molecule has 0 aromatic carbocycles. The highest BCUT2D eigenvalue weighted by Gasteiger charge is 2.16. The number of rotatable bonds is 2. The smallest absolute Gasteiger partial charge is 0.227 e. The van der Waals surface area contributed by atoms with Crippen molar-refractivity contribution in [3.05, 3.63) is 21.3 Å². The molecule has 0 N–H and O–H groups in total. The first-order chi connectivity index (χ1) is 7.25. The molecule has 2 nitrogen and oxygen atoms in total. The van der Waals surface area contributed by atoms with Crippen molar-refractivity contribution in [2.24, 2.45) is 0 Å². The molecule has 1 aliphatic rings. The monoisotopic (exact) mass is 243 g/mol. The summed E-state index contributed by atoms with van der Waals surface area (Å²) in [6.07, 6.45) is 4.06. The van der Waals surface area contributed by atoms with Crippen molar-refractivity contribution in [1.82, 2.24) is 4.90 Å². The van der Waals surface area contributed by atoms with Crippen molar-refractivity contribution in [3.63, 3.8) is 0 Å². The van der Waals surface area contributed by atoms with E-state index in [2.05, 4.69) is 0 Å². The average molecular weight is 244 g/mol. The van der Waals surface area contributed by atoms with E-state index in [4.69, 9.17) is 11.6 Å². The zero-order valence-corrected chi connectivity index (χ0v) is 10.1. The van der Waals surface area contributed by atoms with Crippen molar-refractivity contribution in [2.75, 3.05) is 13.1 Å². The molecule has 0 bridgehead atoms. The van der Waals surface area contributed by atoms with Gasteiger partial charge in [-0.15, -0.1) is 11.3 Å². The molecule has 1 aromatic rings. The number of thiophene rings is 1. The molecule has 2 rings (SSSR count). The van der Waals surface area contributed by atoms with Gasteiger partial charge in [-0.25, -0.2) is 0 Å². The van der Waals surface area contributed by atoms with Gasteiger partial charge in [-0.3, -0.25) is 4.79 Å². The van der Waals surface area contributed by atoms with E-state index < -0.39 is 0 Å². The van der Waals surface area contributed by atoms with Crippen molar-refractivity contribution in [3.8, 4) is 0 Å². The van der Waals surface area contributed by atoms with Crippen LogP contribution in [0, 0.1) is 0 Å². The molecule has 0 spiro atoms. The van der Waals surface area contributed by atoms with E-state index in [1.807, 2.05) is 16.3 Å². The van der Waals surface area contributed by atoms with Crippen LogP contribution in [0.1, 0.15) is 24.8 Å². The van der Waals surface area contributed by atoms with Crippen LogP contribution in [-0.2, 0) is 11.2 Å². The summed E-state index contributed by atoms with van der Waals surface area (Å²) >= 11 is 7.31. The number of piperidine rings is 1. The molecule has 1 fully saturated rings. The highest BCUT2D eigenvalue weighted by atomic mass is 35.5. The standard InChI is InChI=1S/C11H14ClNOS/c12-10-6-9(8-15-10)7-11(14)13-4-2-1-3-5-13/h6,8H,1-5,7H2. The SMILES string of the molecule is O=C(Cc1csc(Cl)c1)N1CCCCC1. The number of carbonyl (C=O) groups excluding carboxylic acids is 1. The number of hydrogen-bond acceptors (Lipinski definition) is 2. The third-order valence-electron chi connectivity index (χ3n) is 2.69. The Morgan fingerprint density at radius 1 is 1.40 bits per heavy atom. The summed E-state index contributed by atoms with van der Waals surface area (Å²) < 4.78 is 0.761. The first-order valence-electron chi connectivity index (χ1n) is 5.26. The highest BCUT2D eigenvalue weighted by molar-refractivity contribution is 7.14. The molecule has 0 atom stereocenters. The second-order valence-electron chi connectivity index (χ2n) is 3.88. The van der Waals surface area contributed by atoms with Crippen LogP contribution in [0.15, 0.2) is 11.4 Å². The van der Waals surface area contributed by atoms with Gasteiger partial charge >= 0.3 is 0 Å². The van der Waals surface area contributed by atoms with Crippen LogP contribution in [0.25, 0.3) is 0 Å². The van der Waals surface area contributed by atoms with E-state index in [9.17, 15) is 4.79 Å². The van der Waals surface area contributed by atoms with Gasteiger partial charge in [0, 0.05) is 13.1 Å². The Morgan fingerprint density at radius 2 is 2.13 bits per heavy atom. The molecular formula is C11H14ClNOS. The summed E-state index contributed by atoms with van der Waals surface area (Å²) in [6, 6.07) is 1.88. The highest BCUT2D eigenvalue weighted by Crippen LogP contribution is 2.21. The number of carbonyl (C=O) groups is 1. The minimum absolute atomic E-state index is 0.240. The zero-order valence-electron chi connectivity index (χ0n) is 8.54. The van der Waals surface area contributed by atoms with Crippen LogP contribution >= 0.6 is 22.9 Å². The molecule has 1 aliphatic heterocycles. The van der Waals surface area contributed by atoms with E-state index in [1.54, 1.807) is 0 Å². The van der Waals surface area contributed by atoms with Gasteiger partial charge in [0.2, 0.25) is 5.91 Å². The van der Waals surface area contributed by atoms with Crippen molar-refractivity contribution in [2.45, 2.75) is 25.7 Å². The molecule has 4 heteroatoms. The molecule has 0 radical (unpaired) electrons. The van der Waals surface area contributed by atoms with Gasteiger partial charge in [-0.2, -0.15) is 0 Å². The summed E-state index contributed by atoms with van der Waals surface area (Å²) in [5.74, 6) is 0.240. The average Bonchev–Trinajstić information content (AvgIpc) is 2.65. The minimum Gasteiger partial charge on any atom is -0.342 e. The minimum atomic E-state index is 0.240. The van der Waals surface area contributed by atoms with Crippen LogP contribution in [0.2, 0.25) is 4.34 Å². The number of halogens is 1. The topological polar surface area (TPSA) is 20.3 Å². The largest absolute Gasteiger partial charge is 0.342 e. The zero-order chi connectivity index (χ0) is 10.7. The lowest BCUT2D eigenvalue weighted by molar-refractivity contribution is -0.131. The van der Waals surface area contributed by atoms with Gasteiger partial charge in [0.25, 0.3) is 0 Å². The second kappa shape index (κ2) is 4.99. The Balaban J connectivity index is 1.91. The Morgan fingerprint density at radius 3 is 2.73 bits per heavy atom. The lowest BCUT2D eigenvalue weighted by Gasteiger charge is -2.26. The van der Waals surface area contributed by atoms with Crippen LogP contribution in [0.5, 0.6) is 0 Å². The Kier molecular flexibility index (Phi) is 3.65. The van der Waals surface area contributed by atoms with Crippen molar-refractivity contribution < 1.29 is 4.79 Å². The maximum atomic E-state index is 11.9. The number of likely N-dealkylation sites (tertiary alicyclic amines) is 1. The molecule has 2 heterocycles. The van der Waals surface area contributed by atoms with E-state index in [0.29, 0.717) is 6.42 Å². The van der Waals surface area contributed by atoms with Crippen molar-refractivity contribution >= 4 is 28.8 Å². The number of hydrogen-bond donors (Lipinski definition) is 0. The normalized spacial score (nSPS) is 16.7. The van der Waals surface area contributed by atoms with Gasteiger partial charge < -0.3 is 4.90 Å². The van der Waals surface area contributed by atoms with Crippen LogP contribution < -0.4 is 0 Å². The Bertz CT molecular complexity index is 344. The van der Waals surface area contributed by atoms with Gasteiger partial charge in [-0.05, 0) is 36.3 Å². The van der Waals surface area contributed by atoms with E-state index in [1.165, 1.54) is 17.8 Å². The number of nitrogens with zero attached hydrogens (tertiary/aromatic N) is 1. The van der Waals surface area contributed by atoms with Gasteiger partial charge in [-0.1, -0.05) is 11.6 Å². The third kappa shape index (κ3) is 2.95. The quantitative estimate of drug-likeness (QED) is 0.782. The maximum Gasteiger partial charge on any atom is 0.227 e. The first-order valence-corrected chi connectivity index (χ1v) is 6.52. The summed E-state index contributed by atoms with van der Waals surface area (Å²) in [5, 5.41) is 1.96. The lowest BCUT2D eigenvalue weighted by Crippen LogP contribution is -2.36. The molecule has 0 aliphatic carbocycles. The maximum absolute atomic E-state index is 11.9. The molecule has 0 saturated carbocycles. The van der Waals surface area contributed by atoms with Crippen LogP contribution in [0.4, 0.5) is 0 Å². The van der Waals surface area contributed by atoms with Crippen LogP contribution in [-0.4, -0.2) is 23.9 Å². The van der Waals surface area contributed by atoms with Crippen molar-refractivity contribution in [1.29, 1.82) is 0 Å². The summed E-state index contributed by atoms with van der Waals surface area (Å²) in [7, 11) is 0. The Hall–Kier alpha value is -0.540. The molecule has 1 amide bonds. The van der Waals surface area contributed by atoms with Gasteiger partial charge in [0.15, 0.2) is 0 Å². The molecular weight excluding hydrogens is 230 g/mol. The third-order valence-corrected chi connectivity index (χ3v) is 3.83. The molecule has 82 valence electrons. The first kappa shape index (κ1) is 11.0. The number of amides is 1. The van der Waals surface area contributed by atoms with E-state index in [0.717, 1.165) is 35.8 Å². The Labute approximate surface area is 98.8 Å². The molecule has 15 heavy (non-hydrogen) atoms. The predicted molar refractivity (Wildman–Crippen MR) is 63.5 cm³/mol. The van der Waals surface area contributed by atoms with E-state index in [-0.39, 0.29) is 5.91 Å². The fraction of sp³-hybridized carbons (Fsp3) is 0.545. The second-order valence-corrected chi connectivity index (χ2v) is 5.42. The molecule has 1 saturated heterocycles. The molecule has 1 aromatic heterocycles. The summed E-state index contributed by atoms with van der Waals surface area (Å²) in [6.45, 7) is 1.85. The summed E-state index contributed by atoms with van der Waals surface area (Å²) in [5.41, 5.74) is 1.04. The fourth-order valence-electron chi connectivity index (χ4n) is 1.87. The van der Waals surface area contributed by atoms with Gasteiger partial charge in [0.05, 0.1) is 10.8 Å². The molecule has 0 unspecified atom stereocenters. The lowest BCUT2D eigenvalue weighted by atomic mass is 10.1. The summed E-state index contributed by atoms with van der Waals surface area (Å²) in [4.78, 5) is 13.8. The van der Waals surface area contributed by atoms with Gasteiger partial charge in [0.1, 0.15) is 0 Å².